The summed E-state index contributed by atoms with van der Waals surface area (Å²) in [5.41, 5.74) is 0. The quantitative estimate of drug-likeness (QED) is 0.0222. The Morgan fingerprint density at radius 3 is 0.660 bits per heavy atom. The molecule has 0 aromatic heterocycles. The van der Waals surface area contributed by atoms with Crippen LogP contribution in [0.3, 0.4) is 0 Å². The van der Waals surface area contributed by atoms with E-state index in [1.54, 1.807) is 0 Å². The van der Waals surface area contributed by atoms with Crippen molar-refractivity contribution in [2.45, 2.75) is 458 Å². The van der Waals surface area contributed by atoms with Gasteiger partial charge in [-0.25, -0.2) is 9.13 Å². The zero-order valence-electron chi connectivity index (χ0n) is 67.8. The van der Waals surface area contributed by atoms with Crippen molar-refractivity contribution in [1.82, 2.24) is 0 Å². The van der Waals surface area contributed by atoms with E-state index in [0.717, 1.165) is 108 Å². The van der Waals surface area contributed by atoms with E-state index in [-0.39, 0.29) is 25.7 Å². The van der Waals surface area contributed by atoms with Gasteiger partial charge in [-0.1, -0.05) is 389 Å². The first kappa shape index (κ1) is 101. The number of carbonyl (C=O) groups excluding carboxylic acids is 4. The Kier molecular flexibility index (Phi) is 72.8. The Morgan fingerprint density at radius 1 is 0.262 bits per heavy atom. The van der Waals surface area contributed by atoms with Crippen molar-refractivity contribution < 1.29 is 80.2 Å². The topological polar surface area (TPSA) is 237 Å². The highest BCUT2D eigenvalue weighted by atomic mass is 31.2. The second kappa shape index (κ2) is 74.2. The first-order chi connectivity index (χ1) is 49.7. The van der Waals surface area contributed by atoms with Gasteiger partial charge >= 0.3 is 39.5 Å². The molecule has 0 saturated heterocycles. The van der Waals surface area contributed by atoms with Crippen LogP contribution in [0.5, 0.6) is 0 Å². The minimum absolute atomic E-state index is 0.107. The first-order valence-corrected chi connectivity index (χ1v) is 46.3. The SMILES string of the molecule is CCCCCCCCCCCCCCCCCCCCCC(=O)O[C@H](COC(=O)CCCCCCCCCCCCCCCCC(C)C)COP(=O)(O)OC[C@@H](O)COP(=O)(O)OC[C@@H](COC(=O)CCCCCCCCCC(C)C)OC(=O)CCCCCCCCCCCCCCCCC(C)C. The molecule has 0 aliphatic carbocycles. The van der Waals surface area contributed by atoms with Gasteiger partial charge in [-0.15, -0.1) is 0 Å². The summed E-state index contributed by atoms with van der Waals surface area (Å²) in [7, 11) is -9.93. The largest absolute Gasteiger partial charge is 0.472 e. The summed E-state index contributed by atoms with van der Waals surface area (Å²) in [6, 6.07) is 0. The highest BCUT2D eigenvalue weighted by molar-refractivity contribution is 7.47. The van der Waals surface area contributed by atoms with Gasteiger partial charge < -0.3 is 33.8 Å². The smallest absolute Gasteiger partial charge is 0.462 e. The number of aliphatic hydroxyl groups is 1. The van der Waals surface area contributed by atoms with Gasteiger partial charge in [0.05, 0.1) is 26.4 Å². The zero-order chi connectivity index (χ0) is 75.8. The van der Waals surface area contributed by atoms with Crippen molar-refractivity contribution in [3.8, 4) is 0 Å². The van der Waals surface area contributed by atoms with Crippen molar-refractivity contribution in [3.05, 3.63) is 0 Å². The summed E-state index contributed by atoms with van der Waals surface area (Å²) < 4.78 is 68.8. The average Bonchev–Trinajstić information content (AvgIpc) is 0.922. The third kappa shape index (κ3) is 78.0. The van der Waals surface area contributed by atoms with Crippen molar-refractivity contribution in [2.75, 3.05) is 39.6 Å². The van der Waals surface area contributed by atoms with Gasteiger partial charge in [0.2, 0.25) is 0 Å². The molecule has 612 valence electrons. The molecule has 0 bridgehead atoms. The molecule has 0 aliphatic heterocycles. The van der Waals surface area contributed by atoms with E-state index in [1.165, 1.54) is 244 Å². The molecule has 0 fully saturated rings. The zero-order valence-corrected chi connectivity index (χ0v) is 69.6. The van der Waals surface area contributed by atoms with Crippen LogP contribution in [0.25, 0.3) is 0 Å². The highest BCUT2D eigenvalue weighted by Gasteiger charge is 2.30. The average molecular weight is 1510 g/mol. The van der Waals surface area contributed by atoms with Crippen molar-refractivity contribution in [3.63, 3.8) is 0 Å². The maximum atomic E-state index is 13.1. The monoisotopic (exact) mass is 1510 g/mol. The Balaban J connectivity index is 5.24. The summed E-state index contributed by atoms with van der Waals surface area (Å²) in [5.74, 6) is 0.192. The molecule has 19 heteroatoms. The molecule has 2 unspecified atom stereocenters. The number of phosphoric acid groups is 2. The standard InChI is InChI=1S/C84H164O17P2/c1-8-9-10-11-12-13-14-15-16-17-18-19-20-28-33-38-45-53-60-67-83(88)100-79(71-94-81(86)65-58-51-44-37-32-27-23-21-25-30-35-41-48-55-62-75(2)3)73-98-102(90,91)96-69-78(85)70-97-103(92,93)99-74-80(72-95-82(87)66-59-52-47-40-43-50-57-64-77(6)7)101-84(89)68-61-54-46-39-34-29-24-22-26-31-36-42-49-56-63-76(4)5/h75-80,85H,8-74H2,1-7H3,(H,90,91)(H,92,93)/t78-,79-,80-/m1/s1. The molecule has 17 nitrogen and oxygen atoms in total. The van der Waals surface area contributed by atoms with E-state index in [4.69, 9.17) is 37.0 Å². The van der Waals surface area contributed by atoms with Crippen LogP contribution in [-0.2, 0) is 65.4 Å². The Morgan fingerprint density at radius 2 is 0.447 bits per heavy atom. The van der Waals surface area contributed by atoms with Crippen LogP contribution in [-0.4, -0.2) is 96.7 Å². The minimum Gasteiger partial charge on any atom is -0.462 e. The molecule has 0 amide bonds. The maximum absolute atomic E-state index is 13.1. The Hall–Kier alpha value is -1.94. The molecule has 0 aromatic carbocycles. The number of hydrogen-bond acceptors (Lipinski definition) is 15. The number of phosphoric ester groups is 2. The number of ether oxygens (including phenoxy) is 4. The Bertz CT molecular complexity index is 1990. The van der Waals surface area contributed by atoms with Gasteiger partial charge in [0, 0.05) is 25.7 Å². The molecule has 0 radical (unpaired) electrons. The highest BCUT2D eigenvalue weighted by Crippen LogP contribution is 2.45. The number of unbranched alkanes of at least 4 members (excludes halogenated alkanes) is 50. The normalized spacial score (nSPS) is 13.9. The molecule has 0 aromatic rings. The lowest BCUT2D eigenvalue weighted by Crippen LogP contribution is -2.30. The van der Waals surface area contributed by atoms with Gasteiger partial charge in [-0.05, 0) is 43.4 Å². The number of rotatable bonds is 82. The fraction of sp³-hybridized carbons (Fsp3) is 0.952. The van der Waals surface area contributed by atoms with E-state index in [2.05, 4.69) is 48.5 Å². The summed E-state index contributed by atoms with van der Waals surface area (Å²) in [5, 5.41) is 10.7. The van der Waals surface area contributed by atoms with Gasteiger partial charge in [0.25, 0.3) is 0 Å². The summed E-state index contributed by atoms with van der Waals surface area (Å²) in [4.78, 5) is 73.1. The predicted molar refractivity (Wildman–Crippen MR) is 423 cm³/mol. The number of esters is 4. The van der Waals surface area contributed by atoms with Crippen LogP contribution in [0, 0.1) is 17.8 Å². The molecule has 0 saturated carbocycles. The van der Waals surface area contributed by atoms with Crippen molar-refractivity contribution in [2.24, 2.45) is 17.8 Å². The molecular weight excluding hydrogens is 1340 g/mol. The van der Waals surface area contributed by atoms with E-state index in [9.17, 15) is 43.2 Å². The fourth-order valence-electron chi connectivity index (χ4n) is 13.0. The van der Waals surface area contributed by atoms with Gasteiger partial charge in [-0.2, -0.15) is 0 Å². The molecular formula is C84H164O17P2. The summed E-state index contributed by atoms with van der Waals surface area (Å²) in [6.07, 6.45) is 63.9. The second-order valence-electron chi connectivity index (χ2n) is 31.6. The van der Waals surface area contributed by atoms with Crippen LogP contribution >= 0.6 is 15.6 Å². The summed E-state index contributed by atoms with van der Waals surface area (Å²) in [6.45, 7) is 12.0. The van der Waals surface area contributed by atoms with Crippen LogP contribution < -0.4 is 0 Å². The van der Waals surface area contributed by atoms with Gasteiger partial charge in [-0.3, -0.25) is 37.3 Å². The van der Waals surface area contributed by atoms with Gasteiger partial charge in [0.15, 0.2) is 12.2 Å². The van der Waals surface area contributed by atoms with Crippen molar-refractivity contribution >= 4 is 39.5 Å². The van der Waals surface area contributed by atoms with Crippen LogP contribution in [0.15, 0.2) is 0 Å². The molecule has 0 spiro atoms. The Labute approximate surface area is 632 Å². The van der Waals surface area contributed by atoms with E-state index in [1.807, 2.05) is 0 Å². The molecule has 3 N–H and O–H groups in total. The van der Waals surface area contributed by atoms with Crippen molar-refractivity contribution in [1.29, 1.82) is 0 Å². The van der Waals surface area contributed by atoms with Crippen LogP contribution in [0.4, 0.5) is 0 Å². The van der Waals surface area contributed by atoms with Crippen LogP contribution in [0.2, 0.25) is 0 Å². The maximum Gasteiger partial charge on any atom is 0.472 e. The molecule has 0 aliphatic rings. The number of carbonyl (C=O) groups is 4. The lowest BCUT2D eigenvalue weighted by molar-refractivity contribution is -0.161. The molecule has 103 heavy (non-hydrogen) atoms. The molecule has 0 heterocycles. The lowest BCUT2D eigenvalue weighted by Gasteiger charge is -2.21. The van der Waals surface area contributed by atoms with E-state index in [0.29, 0.717) is 31.6 Å². The summed E-state index contributed by atoms with van der Waals surface area (Å²) >= 11 is 0. The lowest BCUT2D eigenvalue weighted by atomic mass is 10.0. The third-order valence-electron chi connectivity index (χ3n) is 19.6. The minimum atomic E-state index is -4.96. The fourth-order valence-corrected chi connectivity index (χ4v) is 14.6. The van der Waals surface area contributed by atoms with E-state index >= 15 is 0 Å². The predicted octanol–water partition coefficient (Wildman–Crippen LogP) is 25.3. The van der Waals surface area contributed by atoms with Gasteiger partial charge in [0.1, 0.15) is 19.3 Å². The second-order valence-corrected chi connectivity index (χ2v) is 34.6. The number of aliphatic hydroxyl groups excluding tert-OH is 1. The van der Waals surface area contributed by atoms with E-state index < -0.39 is 97.5 Å². The first-order valence-electron chi connectivity index (χ1n) is 43.3. The number of hydrogen-bond donors (Lipinski definition) is 3. The third-order valence-corrected chi connectivity index (χ3v) is 21.5. The van der Waals surface area contributed by atoms with Crippen LogP contribution in [0.1, 0.15) is 440 Å². The molecule has 5 atom stereocenters. The molecule has 0 rings (SSSR count).